The SMILES string of the molecule is COc1cccc(C(=O)NCCCc2nc3ccccc3n2CCOc2ccc(Cl)c(C)c2)c1. The Kier molecular flexibility index (Phi) is 7.70. The molecular formula is C27H28ClN3O3. The predicted molar refractivity (Wildman–Crippen MR) is 135 cm³/mol. The number of rotatable bonds is 10. The van der Waals surface area contributed by atoms with E-state index < -0.39 is 0 Å². The zero-order valence-electron chi connectivity index (χ0n) is 19.4. The lowest BCUT2D eigenvalue weighted by Gasteiger charge is -2.12. The van der Waals surface area contributed by atoms with Crippen LogP contribution < -0.4 is 14.8 Å². The molecule has 0 fully saturated rings. The Hall–Kier alpha value is -3.51. The van der Waals surface area contributed by atoms with Gasteiger partial charge in [0, 0.05) is 23.6 Å². The number of methoxy groups -OCH3 is 1. The highest BCUT2D eigenvalue weighted by Gasteiger charge is 2.11. The third-order valence-electron chi connectivity index (χ3n) is 5.64. The largest absolute Gasteiger partial charge is 0.497 e. The lowest BCUT2D eigenvalue weighted by molar-refractivity contribution is 0.0953. The van der Waals surface area contributed by atoms with Crippen molar-refractivity contribution in [2.24, 2.45) is 0 Å². The minimum atomic E-state index is -0.112. The van der Waals surface area contributed by atoms with Crippen LogP contribution in [0.25, 0.3) is 11.0 Å². The minimum Gasteiger partial charge on any atom is -0.497 e. The first kappa shape index (κ1) is 23.6. The van der Waals surface area contributed by atoms with Gasteiger partial charge in [0.05, 0.1) is 24.7 Å². The molecule has 1 amide bonds. The maximum atomic E-state index is 12.4. The van der Waals surface area contributed by atoms with Crippen LogP contribution in [0.15, 0.2) is 66.7 Å². The predicted octanol–water partition coefficient (Wildman–Crippen LogP) is 5.45. The summed E-state index contributed by atoms with van der Waals surface area (Å²) >= 11 is 6.11. The first-order valence-electron chi connectivity index (χ1n) is 11.3. The van der Waals surface area contributed by atoms with Crippen molar-refractivity contribution in [2.75, 3.05) is 20.3 Å². The number of ether oxygens (including phenoxy) is 2. The number of carbonyl (C=O) groups excluding carboxylic acids is 1. The van der Waals surface area contributed by atoms with Crippen molar-refractivity contribution in [3.63, 3.8) is 0 Å². The summed E-state index contributed by atoms with van der Waals surface area (Å²) in [6.45, 7) is 3.71. The number of para-hydroxylation sites is 2. The standard InChI is InChI=1S/C27H28ClN3O3/c1-19-17-22(12-13-23(19)28)34-16-15-31-25-10-4-3-9-24(25)30-26(31)11-6-14-29-27(32)20-7-5-8-21(18-20)33-2/h3-5,7-10,12-13,17-18H,6,11,14-16H2,1-2H3,(H,29,32). The fourth-order valence-corrected chi connectivity index (χ4v) is 3.96. The highest BCUT2D eigenvalue weighted by Crippen LogP contribution is 2.22. The number of amides is 1. The summed E-state index contributed by atoms with van der Waals surface area (Å²) in [6, 6.07) is 20.9. The van der Waals surface area contributed by atoms with E-state index in [1.165, 1.54) is 0 Å². The number of hydrogen-bond acceptors (Lipinski definition) is 4. The maximum absolute atomic E-state index is 12.4. The van der Waals surface area contributed by atoms with Crippen LogP contribution in [-0.4, -0.2) is 35.7 Å². The number of aromatic nitrogens is 2. The van der Waals surface area contributed by atoms with Crippen LogP contribution >= 0.6 is 11.6 Å². The van der Waals surface area contributed by atoms with Gasteiger partial charge in [0.2, 0.25) is 0 Å². The Morgan fingerprint density at radius 1 is 1.06 bits per heavy atom. The van der Waals surface area contributed by atoms with Crippen molar-refractivity contribution in [3.8, 4) is 11.5 Å². The molecule has 0 saturated heterocycles. The van der Waals surface area contributed by atoms with Gasteiger partial charge >= 0.3 is 0 Å². The highest BCUT2D eigenvalue weighted by atomic mass is 35.5. The highest BCUT2D eigenvalue weighted by molar-refractivity contribution is 6.31. The first-order valence-corrected chi connectivity index (χ1v) is 11.7. The smallest absolute Gasteiger partial charge is 0.251 e. The van der Waals surface area contributed by atoms with E-state index in [1.807, 2.05) is 55.5 Å². The van der Waals surface area contributed by atoms with Crippen molar-refractivity contribution >= 4 is 28.5 Å². The van der Waals surface area contributed by atoms with Crippen molar-refractivity contribution in [3.05, 3.63) is 88.7 Å². The number of hydrogen-bond donors (Lipinski definition) is 1. The van der Waals surface area contributed by atoms with Crippen LogP contribution in [0.1, 0.15) is 28.2 Å². The minimum absolute atomic E-state index is 0.112. The van der Waals surface area contributed by atoms with Gasteiger partial charge in [-0.2, -0.15) is 0 Å². The normalized spacial score (nSPS) is 10.9. The monoisotopic (exact) mass is 477 g/mol. The number of fused-ring (bicyclic) bond motifs is 1. The van der Waals surface area contributed by atoms with Gasteiger partial charge in [0.25, 0.3) is 5.91 Å². The number of benzene rings is 3. The fourth-order valence-electron chi connectivity index (χ4n) is 3.84. The van der Waals surface area contributed by atoms with Gasteiger partial charge in [-0.1, -0.05) is 29.8 Å². The molecule has 176 valence electrons. The molecular weight excluding hydrogens is 450 g/mol. The number of nitrogens with zero attached hydrogens (tertiary/aromatic N) is 2. The zero-order chi connectivity index (χ0) is 23.9. The second-order valence-electron chi connectivity index (χ2n) is 8.02. The Balaban J connectivity index is 1.36. The van der Waals surface area contributed by atoms with Crippen LogP contribution in [0, 0.1) is 6.92 Å². The Morgan fingerprint density at radius 2 is 1.91 bits per heavy atom. The summed E-state index contributed by atoms with van der Waals surface area (Å²) in [6.07, 6.45) is 1.52. The first-order chi connectivity index (χ1) is 16.5. The quantitative estimate of drug-likeness (QED) is 0.308. The van der Waals surface area contributed by atoms with Crippen LogP contribution in [-0.2, 0) is 13.0 Å². The molecule has 0 bridgehead atoms. The maximum Gasteiger partial charge on any atom is 0.251 e. The molecule has 1 N–H and O–H groups in total. The summed E-state index contributed by atoms with van der Waals surface area (Å²) in [5, 5.41) is 3.71. The van der Waals surface area contributed by atoms with E-state index in [4.69, 9.17) is 26.1 Å². The molecule has 0 saturated carbocycles. The van der Waals surface area contributed by atoms with Gasteiger partial charge in [-0.15, -0.1) is 0 Å². The van der Waals surface area contributed by atoms with Crippen molar-refractivity contribution in [2.45, 2.75) is 26.3 Å². The van der Waals surface area contributed by atoms with Gasteiger partial charge in [-0.3, -0.25) is 4.79 Å². The molecule has 0 unspecified atom stereocenters. The summed E-state index contributed by atoms with van der Waals surface area (Å²) in [5.41, 5.74) is 3.61. The lowest BCUT2D eigenvalue weighted by atomic mass is 10.2. The molecule has 0 spiro atoms. The number of aryl methyl sites for hydroxylation is 2. The molecule has 7 heteroatoms. The molecule has 34 heavy (non-hydrogen) atoms. The van der Waals surface area contributed by atoms with Crippen molar-refractivity contribution in [1.82, 2.24) is 14.9 Å². The van der Waals surface area contributed by atoms with E-state index in [2.05, 4.69) is 16.0 Å². The van der Waals surface area contributed by atoms with Crippen LogP contribution in [0.2, 0.25) is 5.02 Å². The summed E-state index contributed by atoms with van der Waals surface area (Å²) in [7, 11) is 1.59. The molecule has 4 rings (SSSR count). The van der Waals surface area contributed by atoms with E-state index in [1.54, 1.807) is 19.2 Å². The zero-order valence-corrected chi connectivity index (χ0v) is 20.1. The third-order valence-corrected chi connectivity index (χ3v) is 6.07. The van der Waals surface area contributed by atoms with E-state index in [9.17, 15) is 4.79 Å². The van der Waals surface area contributed by atoms with Gasteiger partial charge in [-0.25, -0.2) is 4.98 Å². The van der Waals surface area contributed by atoms with Gasteiger partial charge in [-0.05, 0) is 67.4 Å². The fraction of sp³-hybridized carbons (Fsp3) is 0.259. The topological polar surface area (TPSA) is 65.4 Å². The van der Waals surface area contributed by atoms with E-state index in [-0.39, 0.29) is 5.91 Å². The molecule has 4 aromatic rings. The summed E-state index contributed by atoms with van der Waals surface area (Å²) in [4.78, 5) is 17.3. The molecule has 0 aliphatic rings. The van der Waals surface area contributed by atoms with Crippen LogP contribution in [0.4, 0.5) is 0 Å². The van der Waals surface area contributed by atoms with Crippen molar-refractivity contribution in [1.29, 1.82) is 0 Å². The molecule has 1 heterocycles. The van der Waals surface area contributed by atoms with Gasteiger partial charge in [0.15, 0.2) is 0 Å². The van der Waals surface area contributed by atoms with Gasteiger partial charge in [0.1, 0.15) is 23.9 Å². The molecule has 6 nitrogen and oxygen atoms in total. The van der Waals surface area contributed by atoms with Crippen LogP contribution in [0.3, 0.4) is 0 Å². The second-order valence-corrected chi connectivity index (χ2v) is 8.43. The Bertz CT molecular complexity index is 1290. The molecule has 0 atom stereocenters. The molecule has 1 aromatic heterocycles. The molecule has 0 aliphatic heterocycles. The lowest BCUT2D eigenvalue weighted by Crippen LogP contribution is -2.25. The number of nitrogens with one attached hydrogen (secondary N) is 1. The summed E-state index contributed by atoms with van der Waals surface area (Å²) in [5.74, 6) is 2.33. The Labute approximate surface area is 204 Å². The molecule has 0 aliphatic carbocycles. The molecule has 3 aromatic carbocycles. The van der Waals surface area contributed by atoms with E-state index in [0.29, 0.717) is 31.0 Å². The average molecular weight is 478 g/mol. The molecule has 0 radical (unpaired) electrons. The van der Waals surface area contributed by atoms with Crippen molar-refractivity contribution < 1.29 is 14.3 Å². The Morgan fingerprint density at radius 3 is 2.74 bits per heavy atom. The van der Waals surface area contributed by atoms with Crippen LogP contribution in [0.5, 0.6) is 11.5 Å². The number of halogens is 1. The summed E-state index contributed by atoms with van der Waals surface area (Å²) < 4.78 is 13.4. The van der Waals surface area contributed by atoms with E-state index in [0.717, 1.165) is 46.0 Å². The number of imidazole rings is 1. The third kappa shape index (κ3) is 5.69. The average Bonchev–Trinajstić information content (AvgIpc) is 3.21. The van der Waals surface area contributed by atoms with E-state index >= 15 is 0 Å². The van der Waals surface area contributed by atoms with Gasteiger partial charge < -0.3 is 19.4 Å². The second kappa shape index (κ2) is 11.1. The number of carbonyl (C=O) groups is 1.